The van der Waals surface area contributed by atoms with E-state index in [4.69, 9.17) is 0 Å². The third kappa shape index (κ3) is 5.65. The molecule has 134 valence electrons. The number of hydrogen-bond acceptors (Lipinski definition) is 5. The molecule has 2 rings (SSSR count). The van der Waals surface area contributed by atoms with Crippen molar-refractivity contribution in [2.24, 2.45) is 5.92 Å². The van der Waals surface area contributed by atoms with E-state index in [1.54, 1.807) is 6.33 Å². The van der Waals surface area contributed by atoms with Crippen molar-refractivity contribution in [2.45, 2.75) is 58.9 Å². The van der Waals surface area contributed by atoms with E-state index in [2.05, 4.69) is 46.3 Å². The quantitative estimate of drug-likeness (QED) is 0.765. The van der Waals surface area contributed by atoms with E-state index in [-0.39, 0.29) is 11.9 Å². The van der Waals surface area contributed by atoms with E-state index in [1.807, 2.05) is 6.07 Å². The molecule has 1 fully saturated rings. The van der Waals surface area contributed by atoms with Crippen LogP contribution < -0.4 is 15.5 Å². The molecule has 0 bridgehead atoms. The van der Waals surface area contributed by atoms with Crippen LogP contribution in [-0.4, -0.2) is 41.6 Å². The molecule has 6 heteroatoms. The minimum Gasteiger partial charge on any atom is -0.370 e. The normalized spacial score (nSPS) is 19.0. The average Bonchev–Trinajstić information content (AvgIpc) is 2.60. The van der Waals surface area contributed by atoms with Gasteiger partial charge in [0, 0.05) is 38.2 Å². The van der Waals surface area contributed by atoms with Crippen LogP contribution in [0.4, 0.5) is 11.6 Å². The molecule has 2 heterocycles. The van der Waals surface area contributed by atoms with Gasteiger partial charge in [0.25, 0.3) is 0 Å². The fourth-order valence-electron chi connectivity index (χ4n) is 3.09. The zero-order chi connectivity index (χ0) is 17.4. The number of nitrogens with one attached hydrogen (secondary N) is 2. The predicted molar refractivity (Wildman–Crippen MR) is 98.3 cm³/mol. The molecule has 1 saturated heterocycles. The third-order valence-electron chi connectivity index (χ3n) is 4.65. The summed E-state index contributed by atoms with van der Waals surface area (Å²) in [5.41, 5.74) is 0. The fraction of sp³-hybridized carbons (Fsp3) is 0.722. The highest BCUT2D eigenvalue weighted by molar-refractivity contribution is 5.76. The van der Waals surface area contributed by atoms with Crippen molar-refractivity contribution in [3.8, 4) is 0 Å². The Morgan fingerprint density at radius 2 is 2.25 bits per heavy atom. The Morgan fingerprint density at radius 1 is 1.42 bits per heavy atom. The monoisotopic (exact) mass is 333 g/mol. The zero-order valence-corrected chi connectivity index (χ0v) is 15.2. The van der Waals surface area contributed by atoms with E-state index < -0.39 is 0 Å². The lowest BCUT2D eigenvalue weighted by Crippen LogP contribution is -2.37. The Bertz CT molecular complexity index is 522. The second kappa shape index (κ2) is 9.45. The van der Waals surface area contributed by atoms with Crippen molar-refractivity contribution >= 4 is 17.5 Å². The van der Waals surface area contributed by atoms with Crippen LogP contribution in [0.25, 0.3) is 0 Å². The summed E-state index contributed by atoms with van der Waals surface area (Å²) in [5.74, 6) is 2.59. The molecule has 1 aliphatic rings. The first-order valence-corrected chi connectivity index (χ1v) is 9.22. The first kappa shape index (κ1) is 18.5. The molecule has 0 unspecified atom stereocenters. The van der Waals surface area contributed by atoms with Gasteiger partial charge in [0.1, 0.15) is 18.0 Å². The number of rotatable bonds is 8. The van der Waals surface area contributed by atoms with Crippen LogP contribution in [0.15, 0.2) is 12.4 Å². The van der Waals surface area contributed by atoms with Crippen LogP contribution >= 0.6 is 0 Å². The number of piperidine rings is 1. The van der Waals surface area contributed by atoms with E-state index in [9.17, 15) is 4.79 Å². The van der Waals surface area contributed by atoms with Crippen LogP contribution in [-0.2, 0) is 4.79 Å². The number of amides is 1. The molecule has 2 N–H and O–H groups in total. The first-order chi connectivity index (χ1) is 11.6. The van der Waals surface area contributed by atoms with Crippen molar-refractivity contribution in [3.05, 3.63) is 12.4 Å². The molecule has 0 aliphatic carbocycles. The summed E-state index contributed by atoms with van der Waals surface area (Å²) >= 11 is 0. The van der Waals surface area contributed by atoms with Gasteiger partial charge in [-0.3, -0.25) is 4.79 Å². The van der Waals surface area contributed by atoms with Gasteiger partial charge < -0.3 is 15.5 Å². The van der Waals surface area contributed by atoms with Gasteiger partial charge in [0.2, 0.25) is 5.91 Å². The second-order valence-electron chi connectivity index (χ2n) is 6.66. The molecule has 1 aromatic heterocycles. The summed E-state index contributed by atoms with van der Waals surface area (Å²) < 4.78 is 0. The molecule has 2 atom stereocenters. The first-order valence-electron chi connectivity index (χ1n) is 9.22. The van der Waals surface area contributed by atoms with Crippen molar-refractivity contribution in [3.63, 3.8) is 0 Å². The Morgan fingerprint density at radius 3 is 3.00 bits per heavy atom. The van der Waals surface area contributed by atoms with Gasteiger partial charge in [-0.15, -0.1) is 0 Å². The molecule has 0 radical (unpaired) electrons. The third-order valence-corrected chi connectivity index (χ3v) is 4.65. The molecule has 0 saturated carbocycles. The van der Waals surface area contributed by atoms with Gasteiger partial charge in [-0.2, -0.15) is 0 Å². The predicted octanol–water partition coefficient (Wildman–Crippen LogP) is 2.82. The number of aromatic nitrogens is 2. The standard InChI is InChI=1S/C18H31N5O/c1-4-14(3)22-18(24)9-8-15-7-6-10-23(12-15)17-11-16(19-5-2)20-13-21-17/h11,13-15H,4-10,12H2,1-3H3,(H,22,24)(H,19,20,21)/t14-,15+/m1/s1. The van der Waals surface area contributed by atoms with E-state index >= 15 is 0 Å². The molecule has 1 aromatic rings. The van der Waals surface area contributed by atoms with Crippen molar-refractivity contribution in [2.75, 3.05) is 29.9 Å². The maximum atomic E-state index is 12.0. The zero-order valence-electron chi connectivity index (χ0n) is 15.2. The van der Waals surface area contributed by atoms with Gasteiger partial charge in [0.05, 0.1) is 0 Å². The summed E-state index contributed by atoms with van der Waals surface area (Å²) in [6.07, 6.45) is 6.51. The van der Waals surface area contributed by atoms with E-state index in [0.29, 0.717) is 12.3 Å². The maximum absolute atomic E-state index is 12.0. The number of carbonyl (C=O) groups is 1. The highest BCUT2D eigenvalue weighted by Crippen LogP contribution is 2.25. The lowest BCUT2D eigenvalue weighted by atomic mass is 9.93. The summed E-state index contributed by atoms with van der Waals surface area (Å²) in [4.78, 5) is 22.9. The Hall–Kier alpha value is -1.85. The lowest BCUT2D eigenvalue weighted by Gasteiger charge is -2.33. The van der Waals surface area contributed by atoms with E-state index in [0.717, 1.165) is 50.5 Å². The smallest absolute Gasteiger partial charge is 0.220 e. The van der Waals surface area contributed by atoms with Gasteiger partial charge in [-0.1, -0.05) is 6.92 Å². The molecule has 24 heavy (non-hydrogen) atoms. The lowest BCUT2D eigenvalue weighted by molar-refractivity contribution is -0.122. The molecular weight excluding hydrogens is 302 g/mol. The SMILES string of the molecule is CCNc1cc(N2CCC[C@@H](CCC(=O)N[C@H](C)CC)C2)ncn1. The van der Waals surface area contributed by atoms with Crippen LogP contribution in [0.2, 0.25) is 0 Å². The number of nitrogens with zero attached hydrogens (tertiary/aromatic N) is 3. The maximum Gasteiger partial charge on any atom is 0.220 e. The Balaban J connectivity index is 1.85. The largest absolute Gasteiger partial charge is 0.370 e. The highest BCUT2D eigenvalue weighted by atomic mass is 16.1. The van der Waals surface area contributed by atoms with Gasteiger partial charge >= 0.3 is 0 Å². The molecule has 0 aromatic carbocycles. The van der Waals surface area contributed by atoms with Gasteiger partial charge in [0.15, 0.2) is 0 Å². The Labute approximate surface area is 145 Å². The fourth-order valence-corrected chi connectivity index (χ4v) is 3.09. The van der Waals surface area contributed by atoms with Gasteiger partial charge in [-0.25, -0.2) is 9.97 Å². The summed E-state index contributed by atoms with van der Waals surface area (Å²) in [6, 6.07) is 2.28. The van der Waals surface area contributed by atoms with Gasteiger partial charge in [-0.05, 0) is 45.4 Å². The summed E-state index contributed by atoms with van der Waals surface area (Å²) in [7, 11) is 0. The van der Waals surface area contributed by atoms with Crippen molar-refractivity contribution < 1.29 is 4.79 Å². The average molecular weight is 333 g/mol. The van der Waals surface area contributed by atoms with Crippen LogP contribution in [0.1, 0.15) is 52.9 Å². The summed E-state index contributed by atoms with van der Waals surface area (Å²) in [5, 5.41) is 6.28. The molecule has 1 amide bonds. The minimum atomic E-state index is 0.179. The molecular formula is C18H31N5O. The van der Waals surface area contributed by atoms with Crippen molar-refractivity contribution in [1.82, 2.24) is 15.3 Å². The van der Waals surface area contributed by atoms with Crippen LogP contribution in [0.5, 0.6) is 0 Å². The molecule has 0 spiro atoms. The Kier molecular flexibility index (Phi) is 7.28. The minimum absolute atomic E-state index is 0.179. The van der Waals surface area contributed by atoms with Crippen molar-refractivity contribution in [1.29, 1.82) is 0 Å². The highest BCUT2D eigenvalue weighted by Gasteiger charge is 2.22. The van der Waals surface area contributed by atoms with Crippen LogP contribution in [0, 0.1) is 5.92 Å². The van der Waals surface area contributed by atoms with E-state index in [1.165, 1.54) is 6.42 Å². The number of hydrogen-bond donors (Lipinski definition) is 2. The topological polar surface area (TPSA) is 70.2 Å². The number of carbonyl (C=O) groups excluding carboxylic acids is 1. The second-order valence-corrected chi connectivity index (χ2v) is 6.66. The molecule has 1 aliphatic heterocycles. The summed E-state index contributed by atoms with van der Waals surface area (Å²) in [6.45, 7) is 9.05. The molecule has 6 nitrogen and oxygen atoms in total. The number of anilines is 2. The van der Waals surface area contributed by atoms with Crippen LogP contribution in [0.3, 0.4) is 0 Å².